The number of methoxy groups -OCH3 is 1. The molecule has 4 aromatic rings. The molecule has 3 heterocycles. The number of allylic oxidation sites excluding steroid dienone is 1. The number of carbonyl (C=O) groups is 1. The first-order valence-electron chi connectivity index (χ1n) is 14.8. The third-order valence-electron chi connectivity index (χ3n) is 8.51. The minimum atomic E-state index is -0.401. The summed E-state index contributed by atoms with van der Waals surface area (Å²) in [6, 6.07) is 11.3. The van der Waals surface area contributed by atoms with Crippen LogP contribution in [0.2, 0.25) is 5.02 Å². The average Bonchev–Trinajstić information content (AvgIpc) is 3.50. The van der Waals surface area contributed by atoms with Gasteiger partial charge in [-0.15, -0.1) is 0 Å². The number of aromatic nitrogens is 3. The summed E-state index contributed by atoms with van der Waals surface area (Å²) in [6.45, 7) is 6.67. The van der Waals surface area contributed by atoms with Crippen LogP contribution in [0.5, 0.6) is 5.75 Å². The van der Waals surface area contributed by atoms with Crippen molar-refractivity contribution in [2.24, 2.45) is 4.99 Å². The summed E-state index contributed by atoms with van der Waals surface area (Å²) in [5, 5.41) is 19.0. The number of fused-ring (bicyclic) bond motifs is 3. The monoisotopic (exact) mass is 600 g/mol. The number of aryl methyl sites for hydroxylation is 1. The van der Waals surface area contributed by atoms with Crippen molar-refractivity contribution in [3.8, 4) is 5.75 Å². The van der Waals surface area contributed by atoms with Gasteiger partial charge in [-0.2, -0.15) is 0 Å². The van der Waals surface area contributed by atoms with Gasteiger partial charge in [0.15, 0.2) is 0 Å². The van der Waals surface area contributed by atoms with E-state index in [-0.39, 0.29) is 24.5 Å². The van der Waals surface area contributed by atoms with E-state index in [1.165, 1.54) is 5.57 Å². The zero-order chi connectivity index (χ0) is 30.2. The molecule has 4 N–H and O–H groups in total. The number of aliphatic imine (C=N–C) groups is 1. The van der Waals surface area contributed by atoms with Gasteiger partial charge in [0.2, 0.25) is 5.91 Å². The fraction of sp³-hybridized carbons (Fsp3) is 0.394. The molecule has 9 nitrogen and oxygen atoms in total. The van der Waals surface area contributed by atoms with Crippen LogP contribution in [0, 0.1) is 6.92 Å². The number of halogens is 1. The van der Waals surface area contributed by atoms with Crippen molar-refractivity contribution >= 4 is 56.5 Å². The molecular formula is C33H37ClN6O3. The fourth-order valence-electron chi connectivity index (χ4n) is 6.37. The zero-order valence-electron chi connectivity index (χ0n) is 24.9. The molecule has 2 aromatic carbocycles. The Morgan fingerprint density at radius 1 is 1.14 bits per heavy atom. The number of aromatic amines is 1. The standard InChI is InChI=1S/C33H37ClN6O3/c1-17-16-35-18(2)30(17)25-13-27-24(14-28(25)43-4)31-32(36-19(3)37-33(31)40-27)39-26(20-6-5-7-21(34)12-20)15-29(42)38-22-8-10-23(41)11-9-22/h5-7,12-14,22-23,26,41H,8-11,15-16H2,1-4H3,(H,38,42)(H2,36,37,39,40)/t22-,23-,26-/m1/s1. The van der Waals surface area contributed by atoms with E-state index in [2.05, 4.69) is 33.6 Å². The van der Waals surface area contributed by atoms with Crippen molar-refractivity contribution < 1.29 is 14.6 Å². The van der Waals surface area contributed by atoms with E-state index in [0.29, 0.717) is 41.7 Å². The predicted molar refractivity (Wildman–Crippen MR) is 172 cm³/mol. The molecule has 1 aliphatic heterocycles. The second kappa shape index (κ2) is 12.0. The Labute approximate surface area is 255 Å². The summed E-state index contributed by atoms with van der Waals surface area (Å²) in [7, 11) is 1.68. The molecule has 6 rings (SSSR count). The Morgan fingerprint density at radius 3 is 2.63 bits per heavy atom. The third kappa shape index (κ3) is 5.96. The minimum Gasteiger partial charge on any atom is -0.496 e. The van der Waals surface area contributed by atoms with Gasteiger partial charge in [-0.25, -0.2) is 9.97 Å². The van der Waals surface area contributed by atoms with Crippen molar-refractivity contribution in [1.29, 1.82) is 0 Å². The van der Waals surface area contributed by atoms with Gasteiger partial charge in [-0.05, 0) is 81.9 Å². The van der Waals surface area contributed by atoms with Crippen LogP contribution in [0.1, 0.15) is 68.9 Å². The normalized spacial score (nSPS) is 19.5. The molecule has 0 spiro atoms. The van der Waals surface area contributed by atoms with E-state index in [1.54, 1.807) is 7.11 Å². The van der Waals surface area contributed by atoms with Crippen LogP contribution in [0.4, 0.5) is 5.82 Å². The molecule has 1 aliphatic carbocycles. The van der Waals surface area contributed by atoms with Crippen molar-refractivity contribution in [1.82, 2.24) is 20.3 Å². The lowest BCUT2D eigenvalue weighted by Crippen LogP contribution is -2.39. The smallest absolute Gasteiger partial charge is 0.222 e. The first-order valence-corrected chi connectivity index (χ1v) is 15.2. The van der Waals surface area contributed by atoms with Gasteiger partial charge >= 0.3 is 0 Å². The van der Waals surface area contributed by atoms with E-state index >= 15 is 0 Å². The van der Waals surface area contributed by atoms with Gasteiger partial charge in [-0.3, -0.25) is 9.79 Å². The quantitative estimate of drug-likeness (QED) is 0.188. The molecule has 2 aromatic heterocycles. The number of aliphatic hydroxyl groups excluding tert-OH is 1. The molecule has 0 bridgehead atoms. The highest BCUT2D eigenvalue weighted by atomic mass is 35.5. The average molecular weight is 601 g/mol. The predicted octanol–water partition coefficient (Wildman–Crippen LogP) is 6.29. The van der Waals surface area contributed by atoms with E-state index in [4.69, 9.17) is 26.3 Å². The van der Waals surface area contributed by atoms with Gasteiger partial charge < -0.3 is 25.5 Å². The highest BCUT2D eigenvalue weighted by molar-refractivity contribution is 6.30. The maximum atomic E-state index is 13.3. The Bertz CT molecular complexity index is 1770. The van der Waals surface area contributed by atoms with Crippen molar-refractivity contribution in [3.05, 3.63) is 63.9 Å². The topological polar surface area (TPSA) is 125 Å². The lowest BCUT2D eigenvalue weighted by Gasteiger charge is -2.27. The number of nitrogens with zero attached hydrogens (tertiary/aromatic N) is 3. The fourth-order valence-corrected chi connectivity index (χ4v) is 6.56. The number of aliphatic hydroxyl groups is 1. The molecule has 0 saturated heterocycles. The second-order valence-electron chi connectivity index (χ2n) is 11.7. The third-order valence-corrected chi connectivity index (χ3v) is 8.74. The maximum Gasteiger partial charge on any atom is 0.222 e. The Hall–Kier alpha value is -3.95. The number of amides is 1. The molecular weight excluding hydrogens is 564 g/mol. The van der Waals surface area contributed by atoms with Crippen LogP contribution in [0.3, 0.4) is 0 Å². The first-order chi connectivity index (χ1) is 20.7. The lowest BCUT2D eigenvalue weighted by atomic mass is 9.93. The number of nitrogens with one attached hydrogen (secondary N) is 3. The summed E-state index contributed by atoms with van der Waals surface area (Å²) in [5.74, 6) is 1.90. The molecule has 43 heavy (non-hydrogen) atoms. The number of hydrogen-bond acceptors (Lipinski definition) is 7. The summed E-state index contributed by atoms with van der Waals surface area (Å²) in [5.41, 5.74) is 6.78. The summed E-state index contributed by atoms with van der Waals surface area (Å²) < 4.78 is 5.89. The molecule has 2 aliphatic rings. The first kappa shape index (κ1) is 29.1. The van der Waals surface area contributed by atoms with Gasteiger partial charge in [-0.1, -0.05) is 23.7 Å². The molecule has 0 radical (unpaired) electrons. The number of rotatable bonds is 8. The highest BCUT2D eigenvalue weighted by Gasteiger charge is 2.26. The van der Waals surface area contributed by atoms with E-state index in [1.807, 2.05) is 44.2 Å². The Kier molecular flexibility index (Phi) is 8.11. The van der Waals surface area contributed by atoms with Crippen molar-refractivity contribution in [3.63, 3.8) is 0 Å². The van der Waals surface area contributed by atoms with Crippen LogP contribution >= 0.6 is 11.6 Å². The number of carbonyl (C=O) groups excluding carboxylic acids is 1. The highest BCUT2D eigenvalue weighted by Crippen LogP contribution is 2.40. The Balaban J connectivity index is 1.39. The lowest BCUT2D eigenvalue weighted by molar-refractivity contribution is -0.122. The number of anilines is 1. The van der Waals surface area contributed by atoms with Crippen LogP contribution < -0.4 is 15.4 Å². The van der Waals surface area contributed by atoms with Crippen LogP contribution in [-0.4, -0.2) is 57.5 Å². The summed E-state index contributed by atoms with van der Waals surface area (Å²) >= 11 is 6.39. The largest absolute Gasteiger partial charge is 0.496 e. The van der Waals surface area contributed by atoms with E-state index in [0.717, 1.165) is 57.3 Å². The molecule has 10 heteroatoms. The van der Waals surface area contributed by atoms with Crippen LogP contribution in [-0.2, 0) is 4.79 Å². The van der Waals surface area contributed by atoms with Gasteiger partial charge in [0.1, 0.15) is 23.0 Å². The van der Waals surface area contributed by atoms with Crippen molar-refractivity contribution in [2.75, 3.05) is 19.0 Å². The molecule has 1 saturated carbocycles. The van der Waals surface area contributed by atoms with Crippen LogP contribution in [0.15, 0.2) is 47.0 Å². The zero-order valence-corrected chi connectivity index (χ0v) is 25.7. The number of ether oxygens (including phenoxy) is 1. The molecule has 1 amide bonds. The molecule has 224 valence electrons. The minimum absolute atomic E-state index is 0.0616. The van der Waals surface area contributed by atoms with Crippen LogP contribution in [0.25, 0.3) is 27.5 Å². The number of hydrogen-bond donors (Lipinski definition) is 4. The molecule has 1 fully saturated rings. The van der Waals surface area contributed by atoms with Gasteiger partial charge in [0.05, 0.1) is 37.6 Å². The molecule has 1 atom stereocenters. The summed E-state index contributed by atoms with van der Waals surface area (Å²) in [4.78, 5) is 31.0. The number of H-pyrrole nitrogens is 1. The Morgan fingerprint density at radius 2 is 1.93 bits per heavy atom. The van der Waals surface area contributed by atoms with E-state index < -0.39 is 6.04 Å². The maximum absolute atomic E-state index is 13.3. The van der Waals surface area contributed by atoms with Gasteiger partial charge in [0.25, 0.3) is 0 Å². The van der Waals surface area contributed by atoms with Crippen molar-refractivity contribution in [2.45, 2.75) is 71.1 Å². The SMILES string of the molecule is COc1cc2c(cc1C1=C(C)CN=C1C)[nH]c1nc(C)nc(N[C@H](CC(=O)N[C@H]3CC[C@H](O)CC3)c3cccc(Cl)c3)c12. The summed E-state index contributed by atoms with van der Waals surface area (Å²) in [6.07, 6.45) is 2.86. The molecule has 0 unspecified atom stereocenters. The number of benzene rings is 2. The second-order valence-corrected chi connectivity index (χ2v) is 12.1. The van der Waals surface area contributed by atoms with Gasteiger partial charge in [0, 0.05) is 38.8 Å². The van der Waals surface area contributed by atoms with E-state index in [9.17, 15) is 9.90 Å².